The van der Waals surface area contributed by atoms with E-state index in [1.54, 1.807) is 11.9 Å². The Balaban J connectivity index is 2.40. The summed E-state index contributed by atoms with van der Waals surface area (Å²) in [7, 11) is 1.79. The molecule has 2 atom stereocenters. The highest BCUT2D eigenvalue weighted by molar-refractivity contribution is 5.80. The fourth-order valence-corrected chi connectivity index (χ4v) is 1.37. The zero-order valence-corrected chi connectivity index (χ0v) is 8.32. The number of hydrogen-bond donors (Lipinski definition) is 1. The van der Waals surface area contributed by atoms with Crippen LogP contribution in [0.5, 0.6) is 0 Å². The molecule has 1 saturated heterocycles. The molecule has 1 fully saturated rings. The van der Waals surface area contributed by atoms with Crippen molar-refractivity contribution in [3.63, 3.8) is 0 Å². The van der Waals surface area contributed by atoms with Gasteiger partial charge in [0, 0.05) is 19.6 Å². The molecule has 1 heterocycles. The van der Waals surface area contributed by atoms with Gasteiger partial charge < -0.3 is 15.4 Å². The third-order valence-corrected chi connectivity index (χ3v) is 2.44. The van der Waals surface area contributed by atoms with Crippen molar-refractivity contribution in [2.45, 2.75) is 31.9 Å². The Bertz CT molecular complexity index is 176. The highest BCUT2D eigenvalue weighted by Crippen LogP contribution is 2.13. The van der Waals surface area contributed by atoms with Crippen molar-refractivity contribution in [1.29, 1.82) is 0 Å². The first-order chi connectivity index (χ1) is 6.15. The molecule has 1 aliphatic heterocycles. The topological polar surface area (TPSA) is 55.6 Å². The van der Waals surface area contributed by atoms with Crippen LogP contribution in [-0.4, -0.2) is 43.2 Å². The first kappa shape index (κ1) is 10.5. The number of nitrogens with two attached hydrogens (primary N) is 1. The van der Waals surface area contributed by atoms with Crippen LogP contribution in [0.4, 0.5) is 0 Å². The first-order valence-electron chi connectivity index (χ1n) is 4.77. The molecule has 1 amide bonds. The molecule has 0 aromatic carbocycles. The summed E-state index contributed by atoms with van der Waals surface area (Å²) in [6, 6.07) is 0.107. The van der Waals surface area contributed by atoms with Crippen LogP contribution in [-0.2, 0) is 9.53 Å². The van der Waals surface area contributed by atoms with Crippen molar-refractivity contribution in [3.05, 3.63) is 0 Å². The summed E-state index contributed by atoms with van der Waals surface area (Å²) in [6.45, 7) is 3.19. The second kappa shape index (κ2) is 4.58. The molecule has 2 N–H and O–H groups in total. The molecule has 0 spiro atoms. The minimum Gasteiger partial charge on any atom is -0.367 e. The summed E-state index contributed by atoms with van der Waals surface area (Å²) in [5.41, 5.74) is 5.66. The van der Waals surface area contributed by atoms with Crippen molar-refractivity contribution < 1.29 is 9.53 Å². The predicted molar refractivity (Wildman–Crippen MR) is 50.3 cm³/mol. The predicted octanol–water partition coefficient (Wildman–Crippen LogP) is -0.0290. The van der Waals surface area contributed by atoms with Crippen LogP contribution in [0, 0.1) is 0 Å². The van der Waals surface area contributed by atoms with Gasteiger partial charge in [-0.15, -0.1) is 0 Å². The van der Waals surface area contributed by atoms with E-state index in [0.29, 0.717) is 6.61 Å². The van der Waals surface area contributed by atoms with E-state index in [2.05, 4.69) is 0 Å². The Morgan fingerprint density at radius 3 is 2.77 bits per heavy atom. The Kier molecular flexibility index (Phi) is 3.69. The van der Waals surface area contributed by atoms with Gasteiger partial charge in [0.25, 0.3) is 5.91 Å². The number of ether oxygens (including phenoxy) is 1. The Morgan fingerprint density at radius 1 is 1.62 bits per heavy atom. The summed E-state index contributed by atoms with van der Waals surface area (Å²) in [5.74, 6) is 0.0781. The van der Waals surface area contributed by atoms with E-state index in [0.717, 1.165) is 19.4 Å². The van der Waals surface area contributed by atoms with Gasteiger partial charge >= 0.3 is 0 Å². The van der Waals surface area contributed by atoms with Crippen LogP contribution in [0.15, 0.2) is 0 Å². The molecule has 0 radical (unpaired) electrons. The van der Waals surface area contributed by atoms with Crippen LogP contribution in [0.3, 0.4) is 0 Å². The summed E-state index contributed by atoms with van der Waals surface area (Å²) < 4.78 is 5.36. The van der Waals surface area contributed by atoms with Gasteiger partial charge in [-0.3, -0.25) is 4.79 Å². The van der Waals surface area contributed by atoms with E-state index in [-0.39, 0.29) is 18.1 Å². The Hall–Kier alpha value is -0.610. The molecule has 0 bridgehead atoms. The molecule has 1 aliphatic rings. The minimum absolute atomic E-state index is 0.0781. The molecular weight excluding hydrogens is 168 g/mol. The molecule has 0 saturated carbocycles. The number of carbonyl (C=O) groups excluding carboxylic acids is 1. The highest BCUT2D eigenvalue weighted by atomic mass is 16.5. The standard InChI is InChI=1S/C9H18N2O2/c1-3-11(2)9(12)8-5-4-7(10)6-13-8/h7-8H,3-6,10H2,1-2H3/t7-,8+/m1/s1. The average molecular weight is 186 g/mol. The van der Waals surface area contributed by atoms with Crippen molar-refractivity contribution in [1.82, 2.24) is 4.90 Å². The van der Waals surface area contributed by atoms with Crippen LogP contribution in [0.25, 0.3) is 0 Å². The van der Waals surface area contributed by atoms with Crippen LogP contribution >= 0.6 is 0 Å². The molecule has 1 rings (SSSR count). The van der Waals surface area contributed by atoms with Crippen molar-refractivity contribution in [2.24, 2.45) is 5.73 Å². The highest BCUT2D eigenvalue weighted by Gasteiger charge is 2.26. The summed E-state index contributed by atoms with van der Waals surface area (Å²) >= 11 is 0. The maximum Gasteiger partial charge on any atom is 0.251 e. The smallest absolute Gasteiger partial charge is 0.251 e. The Labute approximate surface area is 79.0 Å². The molecule has 0 aliphatic carbocycles. The lowest BCUT2D eigenvalue weighted by Gasteiger charge is -2.28. The van der Waals surface area contributed by atoms with Crippen LogP contribution < -0.4 is 5.73 Å². The average Bonchev–Trinajstić information content (AvgIpc) is 2.17. The number of rotatable bonds is 2. The summed E-state index contributed by atoms with van der Waals surface area (Å²) in [5, 5.41) is 0. The van der Waals surface area contributed by atoms with Gasteiger partial charge in [-0.2, -0.15) is 0 Å². The lowest BCUT2D eigenvalue weighted by Crippen LogP contribution is -2.44. The molecule has 0 unspecified atom stereocenters. The largest absolute Gasteiger partial charge is 0.367 e. The Morgan fingerprint density at radius 2 is 2.31 bits per heavy atom. The van der Waals surface area contributed by atoms with Crippen molar-refractivity contribution in [3.8, 4) is 0 Å². The second-order valence-electron chi connectivity index (χ2n) is 3.51. The third-order valence-electron chi connectivity index (χ3n) is 2.44. The van der Waals surface area contributed by atoms with Crippen molar-refractivity contribution >= 4 is 5.91 Å². The number of nitrogens with zero attached hydrogens (tertiary/aromatic N) is 1. The van der Waals surface area contributed by atoms with Gasteiger partial charge in [-0.1, -0.05) is 0 Å². The van der Waals surface area contributed by atoms with Crippen LogP contribution in [0.1, 0.15) is 19.8 Å². The maximum atomic E-state index is 11.6. The maximum absolute atomic E-state index is 11.6. The first-order valence-corrected chi connectivity index (χ1v) is 4.77. The van der Waals surface area contributed by atoms with E-state index >= 15 is 0 Å². The zero-order valence-electron chi connectivity index (χ0n) is 8.32. The molecule has 76 valence electrons. The zero-order chi connectivity index (χ0) is 9.84. The van der Waals surface area contributed by atoms with Crippen molar-refractivity contribution in [2.75, 3.05) is 20.2 Å². The monoisotopic (exact) mass is 186 g/mol. The number of amides is 1. The van der Waals surface area contributed by atoms with E-state index in [1.807, 2.05) is 6.92 Å². The SMILES string of the molecule is CCN(C)C(=O)[C@@H]1CC[C@@H](N)CO1. The van der Waals surface area contributed by atoms with Gasteiger partial charge in [-0.05, 0) is 19.8 Å². The third kappa shape index (κ3) is 2.67. The lowest BCUT2D eigenvalue weighted by atomic mass is 10.1. The minimum atomic E-state index is -0.259. The lowest BCUT2D eigenvalue weighted by molar-refractivity contribution is -0.145. The van der Waals surface area contributed by atoms with E-state index < -0.39 is 0 Å². The molecule has 13 heavy (non-hydrogen) atoms. The van der Waals surface area contributed by atoms with E-state index in [9.17, 15) is 4.79 Å². The molecular formula is C9H18N2O2. The number of carbonyl (C=O) groups is 1. The number of likely N-dealkylation sites (N-methyl/N-ethyl adjacent to an activating group) is 1. The molecule has 4 nitrogen and oxygen atoms in total. The second-order valence-corrected chi connectivity index (χ2v) is 3.51. The number of hydrogen-bond acceptors (Lipinski definition) is 3. The van der Waals surface area contributed by atoms with Gasteiger partial charge in [0.2, 0.25) is 0 Å². The van der Waals surface area contributed by atoms with E-state index in [4.69, 9.17) is 10.5 Å². The van der Waals surface area contributed by atoms with Crippen LogP contribution in [0.2, 0.25) is 0 Å². The van der Waals surface area contributed by atoms with Gasteiger partial charge in [0.05, 0.1) is 6.61 Å². The quantitative estimate of drug-likeness (QED) is 0.659. The fraction of sp³-hybridized carbons (Fsp3) is 0.889. The summed E-state index contributed by atoms with van der Waals surface area (Å²) in [6.07, 6.45) is 1.38. The summed E-state index contributed by atoms with van der Waals surface area (Å²) in [4.78, 5) is 13.3. The van der Waals surface area contributed by atoms with Gasteiger partial charge in [0.15, 0.2) is 0 Å². The fourth-order valence-electron chi connectivity index (χ4n) is 1.37. The van der Waals surface area contributed by atoms with Gasteiger partial charge in [-0.25, -0.2) is 0 Å². The molecule has 0 aromatic heterocycles. The molecule has 0 aromatic rings. The van der Waals surface area contributed by atoms with Gasteiger partial charge in [0.1, 0.15) is 6.10 Å². The van der Waals surface area contributed by atoms with E-state index in [1.165, 1.54) is 0 Å². The molecule has 4 heteroatoms. The normalized spacial score (nSPS) is 28.5.